The van der Waals surface area contributed by atoms with Gasteiger partial charge in [-0.05, 0) is 68.4 Å². The first-order valence-electron chi connectivity index (χ1n) is 14.8. The minimum Gasteiger partial charge on any atom is -0.412 e. The van der Waals surface area contributed by atoms with Crippen LogP contribution in [-0.4, -0.2) is 72.2 Å². The van der Waals surface area contributed by atoms with Gasteiger partial charge in [-0.3, -0.25) is 14.3 Å². The van der Waals surface area contributed by atoms with Gasteiger partial charge >= 0.3 is 0 Å². The number of amides is 2. The number of nitrogens with zero attached hydrogens (tertiary/aromatic N) is 4. The topological polar surface area (TPSA) is 146 Å². The molecule has 13 heteroatoms. The van der Waals surface area contributed by atoms with Crippen LogP contribution in [0.2, 0.25) is 0 Å². The minimum atomic E-state index is -3.69. The maximum absolute atomic E-state index is 13.2. The van der Waals surface area contributed by atoms with E-state index in [1.54, 1.807) is 95.7 Å². The minimum absolute atomic E-state index is 0.0628. The Bertz CT molecular complexity index is 1870. The van der Waals surface area contributed by atoms with E-state index in [1.807, 2.05) is 6.92 Å². The van der Waals surface area contributed by atoms with E-state index in [2.05, 4.69) is 25.5 Å². The molecule has 3 heterocycles. The van der Waals surface area contributed by atoms with Gasteiger partial charge in [-0.2, -0.15) is 0 Å². The summed E-state index contributed by atoms with van der Waals surface area (Å²) in [6.45, 7) is 5.45. The Morgan fingerprint density at radius 1 is 0.848 bits per heavy atom. The molecule has 1 saturated heterocycles. The van der Waals surface area contributed by atoms with Crippen LogP contribution in [0.25, 0.3) is 11.3 Å². The second-order valence-corrected chi connectivity index (χ2v) is 12.6. The maximum atomic E-state index is 13.2. The molecule has 6 rings (SSSR count). The number of anilines is 3. The van der Waals surface area contributed by atoms with Gasteiger partial charge in [-0.25, -0.2) is 18.4 Å². The first-order chi connectivity index (χ1) is 22.2. The third kappa shape index (κ3) is 6.70. The molecule has 3 aromatic carbocycles. The van der Waals surface area contributed by atoms with Crippen molar-refractivity contribution in [3.63, 3.8) is 0 Å². The summed E-state index contributed by atoms with van der Waals surface area (Å²) in [4.78, 5) is 44.1. The molecular weight excluding hydrogens is 606 g/mol. The van der Waals surface area contributed by atoms with E-state index < -0.39 is 10.0 Å². The summed E-state index contributed by atoms with van der Waals surface area (Å²) in [6.07, 6.45) is 1.63. The summed E-state index contributed by atoms with van der Waals surface area (Å²) in [5.74, 6) is 0.796. The predicted molar refractivity (Wildman–Crippen MR) is 173 cm³/mol. The second-order valence-electron chi connectivity index (χ2n) is 11.0. The van der Waals surface area contributed by atoms with Crippen molar-refractivity contribution in [1.82, 2.24) is 25.2 Å². The molecule has 3 N–H and O–H groups in total. The van der Waals surface area contributed by atoms with E-state index in [9.17, 15) is 18.0 Å². The summed E-state index contributed by atoms with van der Waals surface area (Å²) in [5.41, 5.74) is 6.56. The van der Waals surface area contributed by atoms with Crippen LogP contribution in [0.4, 0.5) is 17.3 Å². The Morgan fingerprint density at radius 2 is 1.48 bits per heavy atom. The number of carbonyl (C=O) groups excluding carboxylic acids is 2. The van der Waals surface area contributed by atoms with E-state index in [4.69, 9.17) is 4.84 Å². The number of benzene rings is 3. The first kappa shape index (κ1) is 30.7. The third-order valence-electron chi connectivity index (χ3n) is 7.82. The second kappa shape index (κ2) is 13.0. The lowest BCUT2D eigenvalue weighted by Crippen LogP contribution is -2.51. The van der Waals surface area contributed by atoms with Gasteiger partial charge in [0.05, 0.1) is 22.2 Å². The van der Waals surface area contributed by atoms with E-state index in [1.165, 1.54) is 12.1 Å². The average Bonchev–Trinajstić information content (AvgIpc) is 3.42. The lowest BCUT2D eigenvalue weighted by atomic mass is 10.1. The van der Waals surface area contributed by atoms with Gasteiger partial charge in [0.2, 0.25) is 5.95 Å². The predicted octanol–water partition coefficient (Wildman–Crippen LogP) is 4.17. The van der Waals surface area contributed by atoms with Crippen molar-refractivity contribution in [3.05, 3.63) is 108 Å². The number of aromatic nitrogens is 2. The zero-order chi connectivity index (χ0) is 32.3. The lowest BCUT2D eigenvalue weighted by molar-refractivity contribution is -0.128. The van der Waals surface area contributed by atoms with Crippen LogP contribution >= 0.6 is 0 Å². The number of rotatable bonds is 8. The lowest BCUT2D eigenvalue weighted by Gasteiger charge is -2.35. The van der Waals surface area contributed by atoms with Crippen molar-refractivity contribution in [3.8, 4) is 11.3 Å². The molecule has 2 aliphatic rings. The molecule has 4 aromatic rings. The number of sulfonamides is 1. The molecule has 0 radical (unpaired) electrons. The van der Waals surface area contributed by atoms with Crippen molar-refractivity contribution in [2.24, 2.45) is 0 Å². The van der Waals surface area contributed by atoms with Gasteiger partial charge in [0.25, 0.3) is 21.8 Å². The zero-order valence-corrected chi connectivity index (χ0v) is 26.1. The fraction of sp³-hybridized carbons (Fsp3) is 0.212. The van der Waals surface area contributed by atoms with Crippen LogP contribution in [0.1, 0.15) is 24.2 Å². The molecule has 1 unspecified atom stereocenters. The van der Waals surface area contributed by atoms with Crippen molar-refractivity contribution >= 4 is 39.2 Å². The molecule has 2 aliphatic heterocycles. The number of hydrogen-bond donors (Lipinski definition) is 3. The molecule has 2 amide bonds. The average molecular weight is 640 g/mol. The van der Waals surface area contributed by atoms with E-state index in [0.29, 0.717) is 66.1 Å². The molecule has 236 valence electrons. The zero-order valence-electron chi connectivity index (χ0n) is 25.3. The van der Waals surface area contributed by atoms with Crippen LogP contribution in [0, 0.1) is 0 Å². The number of nitrogens with one attached hydrogen (secondary N) is 3. The van der Waals surface area contributed by atoms with E-state index in [-0.39, 0.29) is 22.8 Å². The molecule has 0 saturated carbocycles. The van der Waals surface area contributed by atoms with Crippen LogP contribution in [-0.2, 0) is 19.7 Å². The van der Waals surface area contributed by atoms with E-state index >= 15 is 0 Å². The van der Waals surface area contributed by atoms with Gasteiger partial charge in [-0.15, -0.1) is 5.48 Å². The van der Waals surface area contributed by atoms with Gasteiger partial charge in [0.1, 0.15) is 5.76 Å². The summed E-state index contributed by atoms with van der Waals surface area (Å²) in [5, 5.41) is 3.17. The number of allylic oxidation sites excluding steroid dienone is 1. The molecule has 46 heavy (non-hydrogen) atoms. The van der Waals surface area contributed by atoms with Gasteiger partial charge in [0.15, 0.2) is 0 Å². The molecule has 12 nitrogen and oxygen atoms in total. The Labute approximate surface area is 267 Å². The van der Waals surface area contributed by atoms with Crippen molar-refractivity contribution in [1.29, 1.82) is 0 Å². The first-order valence-corrected chi connectivity index (χ1v) is 16.3. The summed E-state index contributed by atoms with van der Waals surface area (Å²) in [7, 11) is -3.69. The third-order valence-corrected chi connectivity index (χ3v) is 9.21. The molecule has 1 aromatic heterocycles. The van der Waals surface area contributed by atoms with Crippen molar-refractivity contribution < 1.29 is 22.8 Å². The summed E-state index contributed by atoms with van der Waals surface area (Å²) < 4.78 is 27.8. The van der Waals surface area contributed by atoms with E-state index in [0.717, 1.165) is 5.56 Å². The Hall–Kier alpha value is -5.27. The molecule has 0 spiro atoms. The Kier molecular flexibility index (Phi) is 8.68. The number of hydrogen-bond acceptors (Lipinski definition) is 9. The molecule has 0 bridgehead atoms. The monoisotopic (exact) mass is 639 g/mol. The molecule has 0 aliphatic carbocycles. The van der Waals surface area contributed by atoms with Crippen LogP contribution in [0.3, 0.4) is 0 Å². The SMILES string of the molecule is CC1=C(C(=O)N2CCN(C(=O)c3ccc(Nc4nccc(-c5ccc(NS(=O)(=O)c6ccccc6)cc5)n4)cc3)CC2)C(C)NO1. The quantitative estimate of drug-likeness (QED) is 0.259. The highest BCUT2D eigenvalue weighted by Gasteiger charge is 2.33. The molecule has 1 atom stereocenters. The standard InChI is InChI=1S/C33H33N7O5S/c1-22-30(23(2)45-37-22)32(42)40-20-18-39(19-21-40)31(41)25-10-12-26(13-11-25)35-33-34-17-16-29(36-33)24-8-14-27(15-9-24)38-46(43,44)28-6-4-3-5-7-28/h3-17,22,37-38H,18-21H2,1-2H3,(H,34,35,36). The summed E-state index contributed by atoms with van der Waals surface area (Å²) in [6, 6.07) is 23.8. The van der Waals surface area contributed by atoms with Crippen molar-refractivity contribution in [2.75, 3.05) is 36.2 Å². The van der Waals surface area contributed by atoms with Gasteiger partial charge in [-0.1, -0.05) is 30.3 Å². The Morgan fingerprint density at radius 3 is 2.11 bits per heavy atom. The largest absolute Gasteiger partial charge is 0.412 e. The van der Waals surface area contributed by atoms with Crippen LogP contribution in [0.5, 0.6) is 0 Å². The summed E-state index contributed by atoms with van der Waals surface area (Å²) >= 11 is 0. The normalized spacial score (nSPS) is 16.6. The maximum Gasteiger partial charge on any atom is 0.261 e. The smallest absolute Gasteiger partial charge is 0.261 e. The molecule has 1 fully saturated rings. The highest BCUT2D eigenvalue weighted by molar-refractivity contribution is 7.92. The Balaban J connectivity index is 1.05. The van der Waals surface area contributed by atoms with Crippen molar-refractivity contribution in [2.45, 2.75) is 24.8 Å². The number of carbonyl (C=O) groups is 2. The number of piperazine rings is 1. The highest BCUT2D eigenvalue weighted by atomic mass is 32.2. The van der Waals surface area contributed by atoms with Gasteiger partial charge < -0.3 is 20.0 Å². The number of hydroxylamine groups is 1. The van der Waals surface area contributed by atoms with Crippen LogP contribution < -0.4 is 15.5 Å². The molecular formula is C33H33N7O5S. The fourth-order valence-corrected chi connectivity index (χ4v) is 6.40. The fourth-order valence-electron chi connectivity index (χ4n) is 5.32. The van der Waals surface area contributed by atoms with Crippen LogP contribution in [0.15, 0.2) is 107 Å². The van der Waals surface area contributed by atoms with Gasteiger partial charge in [0, 0.05) is 54.9 Å². The highest BCUT2D eigenvalue weighted by Crippen LogP contribution is 2.24.